The van der Waals surface area contributed by atoms with Crippen LogP contribution < -0.4 is 10.6 Å². The quantitative estimate of drug-likeness (QED) is 0.406. The van der Waals surface area contributed by atoms with Crippen LogP contribution in [0.2, 0.25) is 0 Å². The third kappa shape index (κ3) is 4.49. The van der Waals surface area contributed by atoms with Crippen molar-refractivity contribution in [3.63, 3.8) is 0 Å². The minimum atomic E-state index is -0.0519. The van der Waals surface area contributed by atoms with Crippen LogP contribution in [-0.4, -0.2) is 28.4 Å². The molecular weight excluding hydrogens is 392 g/mol. The van der Waals surface area contributed by atoms with E-state index >= 15 is 0 Å². The fourth-order valence-electron chi connectivity index (χ4n) is 3.27. The van der Waals surface area contributed by atoms with E-state index < -0.39 is 0 Å². The van der Waals surface area contributed by atoms with Crippen molar-refractivity contribution >= 4 is 33.5 Å². The van der Waals surface area contributed by atoms with Gasteiger partial charge in [-0.3, -0.25) is 4.79 Å². The number of fused-ring (bicyclic) bond motifs is 1. The second-order valence-corrected chi connectivity index (χ2v) is 8.06. The highest BCUT2D eigenvalue weighted by Gasteiger charge is 2.08. The number of aromatic nitrogens is 2. The summed E-state index contributed by atoms with van der Waals surface area (Å²) in [6, 6.07) is 18.1. The molecule has 0 fully saturated rings. The molecule has 152 valence electrons. The summed E-state index contributed by atoms with van der Waals surface area (Å²) in [5.41, 5.74) is 5.37. The van der Waals surface area contributed by atoms with Crippen LogP contribution in [0.5, 0.6) is 0 Å². The number of pyridine rings is 1. The predicted molar refractivity (Wildman–Crippen MR) is 124 cm³/mol. The molecule has 0 saturated heterocycles. The lowest BCUT2D eigenvalue weighted by atomic mass is 9.99. The van der Waals surface area contributed by atoms with Crippen molar-refractivity contribution in [2.45, 2.75) is 20.3 Å². The lowest BCUT2D eigenvalue weighted by Gasteiger charge is -2.09. The summed E-state index contributed by atoms with van der Waals surface area (Å²) in [7, 11) is 0. The van der Waals surface area contributed by atoms with E-state index in [1.807, 2.05) is 36.4 Å². The van der Waals surface area contributed by atoms with Crippen LogP contribution in [0.3, 0.4) is 0 Å². The smallest absolute Gasteiger partial charge is 0.251 e. The van der Waals surface area contributed by atoms with Gasteiger partial charge in [-0.05, 0) is 78.3 Å². The van der Waals surface area contributed by atoms with Crippen molar-refractivity contribution in [3.05, 3.63) is 77.5 Å². The molecule has 1 amide bonds. The van der Waals surface area contributed by atoms with Gasteiger partial charge in [0.2, 0.25) is 0 Å². The Kier molecular flexibility index (Phi) is 6.05. The van der Waals surface area contributed by atoms with E-state index in [-0.39, 0.29) is 5.91 Å². The van der Waals surface area contributed by atoms with Crippen LogP contribution in [0.25, 0.3) is 21.3 Å². The fraction of sp³-hybridized carbons (Fsp3) is 0.208. The molecule has 4 rings (SSSR count). The molecule has 0 atom stereocenters. The van der Waals surface area contributed by atoms with Crippen molar-refractivity contribution in [3.8, 4) is 11.1 Å². The van der Waals surface area contributed by atoms with Crippen molar-refractivity contribution in [1.29, 1.82) is 0 Å². The van der Waals surface area contributed by atoms with Crippen LogP contribution in [0.1, 0.15) is 27.9 Å². The Bertz CT molecular complexity index is 1180. The zero-order valence-electron chi connectivity index (χ0n) is 17.1. The van der Waals surface area contributed by atoms with Gasteiger partial charge in [-0.25, -0.2) is 4.98 Å². The van der Waals surface area contributed by atoms with Crippen LogP contribution in [0.4, 0.5) is 5.82 Å². The van der Waals surface area contributed by atoms with Gasteiger partial charge >= 0.3 is 0 Å². The van der Waals surface area contributed by atoms with Gasteiger partial charge in [0.15, 0.2) is 0 Å². The number of rotatable bonds is 7. The maximum Gasteiger partial charge on any atom is 0.251 e. The summed E-state index contributed by atoms with van der Waals surface area (Å²) in [6.07, 6.45) is 2.58. The first kappa shape index (κ1) is 20.0. The Labute approximate surface area is 180 Å². The maximum absolute atomic E-state index is 12.6. The van der Waals surface area contributed by atoms with E-state index in [1.54, 1.807) is 6.20 Å². The number of anilines is 1. The molecule has 2 aromatic heterocycles. The fourth-order valence-corrected chi connectivity index (χ4v) is 3.98. The minimum Gasteiger partial charge on any atom is -0.369 e. The number of aryl methyl sites for hydroxylation is 2. The highest BCUT2D eigenvalue weighted by molar-refractivity contribution is 7.13. The van der Waals surface area contributed by atoms with E-state index in [4.69, 9.17) is 0 Å². The molecule has 0 spiro atoms. The number of carbonyl (C=O) groups excluding carboxylic acids is 1. The Hall–Kier alpha value is -3.25. The normalized spacial score (nSPS) is 10.9. The Balaban J connectivity index is 1.30. The number of benzene rings is 2. The number of nitrogens with one attached hydrogen (secondary N) is 2. The molecule has 4 aromatic rings. The topological polar surface area (TPSA) is 66.9 Å². The largest absolute Gasteiger partial charge is 0.369 e. The third-order valence-electron chi connectivity index (χ3n) is 5.15. The van der Waals surface area contributed by atoms with Gasteiger partial charge in [-0.1, -0.05) is 30.3 Å². The highest BCUT2D eigenvalue weighted by atomic mass is 32.1. The highest BCUT2D eigenvalue weighted by Crippen LogP contribution is 2.24. The molecule has 0 unspecified atom stereocenters. The third-order valence-corrected chi connectivity index (χ3v) is 5.92. The van der Waals surface area contributed by atoms with Gasteiger partial charge in [-0.2, -0.15) is 4.37 Å². The standard InChI is InChI=1S/C24H24N4OS/c1-16-9-10-19(14-17(16)2)18-6-3-7-20(15-18)23(29)26-13-5-12-25-22-21-8-4-11-27-24(21)30-28-22/h3-4,6-11,14-15H,5,12-13H2,1-2H3,(H,25,28)(H,26,29). The number of nitrogens with zero attached hydrogens (tertiary/aromatic N) is 2. The average Bonchev–Trinajstić information content (AvgIpc) is 3.18. The zero-order valence-corrected chi connectivity index (χ0v) is 17.9. The molecule has 2 heterocycles. The molecular formula is C24H24N4OS. The van der Waals surface area contributed by atoms with E-state index in [9.17, 15) is 4.79 Å². The summed E-state index contributed by atoms with van der Waals surface area (Å²) in [4.78, 5) is 17.8. The average molecular weight is 417 g/mol. The van der Waals surface area contributed by atoms with E-state index in [2.05, 4.69) is 52.0 Å². The molecule has 30 heavy (non-hydrogen) atoms. The molecule has 0 aliphatic heterocycles. The number of hydrogen-bond acceptors (Lipinski definition) is 5. The van der Waals surface area contributed by atoms with Gasteiger partial charge in [0.05, 0.1) is 5.39 Å². The van der Waals surface area contributed by atoms with E-state index in [0.29, 0.717) is 12.1 Å². The minimum absolute atomic E-state index is 0.0519. The number of amides is 1. The van der Waals surface area contributed by atoms with Gasteiger partial charge in [0, 0.05) is 24.8 Å². The monoisotopic (exact) mass is 416 g/mol. The molecule has 2 N–H and O–H groups in total. The van der Waals surface area contributed by atoms with Gasteiger partial charge in [-0.15, -0.1) is 0 Å². The molecule has 0 bridgehead atoms. The summed E-state index contributed by atoms with van der Waals surface area (Å²) in [5, 5.41) is 7.37. The SMILES string of the molecule is Cc1ccc(-c2cccc(C(=O)NCCCNc3nsc4ncccc34)c2)cc1C. The van der Waals surface area contributed by atoms with E-state index in [1.165, 1.54) is 22.7 Å². The van der Waals surface area contributed by atoms with Crippen LogP contribution in [-0.2, 0) is 0 Å². The van der Waals surface area contributed by atoms with Gasteiger partial charge < -0.3 is 10.6 Å². The maximum atomic E-state index is 12.6. The summed E-state index contributed by atoms with van der Waals surface area (Å²) in [5.74, 6) is 0.805. The first-order valence-electron chi connectivity index (χ1n) is 10.0. The second-order valence-electron chi connectivity index (χ2n) is 7.30. The molecule has 5 nitrogen and oxygen atoms in total. The molecule has 0 radical (unpaired) electrons. The van der Waals surface area contributed by atoms with Crippen LogP contribution in [0, 0.1) is 13.8 Å². The number of carbonyl (C=O) groups is 1. The van der Waals surface area contributed by atoms with E-state index in [0.717, 1.165) is 40.1 Å². The zero-order chi connectivity index (χ0) is 20.9. The molecule has 0 saturated carbocycles. The van der Waals surface area contributed by atoms with Gasteiger partial charge in [0.1, 0.15) is 10.6 Å². The molecule has 2 aromatic carbocycles. The first-order chi connectivity index (χ1) is 14.6. The van der Waals surface area contributed by atoms with Crippen molar-refractivity contribution in [1.82, 2.24) is 14.7 Å². The molecule has 6 heteroatoms. The summed E-state index contributed by atoms with van der Waals surface area (Å²) < 4.78 is 4.41. The Morgan fingerprint density at radius 3 is 2.70 bits per heavy atom. The molecule has 0 aliphatic rings. The summed E-state index contributed by atoms with van der Waals surface area (Å²) in [6.45, 7) is 5.54. The Morgan fingerprint density at radius 1 is 0.967 bits per heavy atom. The predicted octanol–water partition coefficient (Wildman–Crippen LogP) is 5.21. The molecule has 0 aliphatic carbocycles. The number of hydrogen-bond donors (Lipinski definition) is 2. The summed E-state index contributed by atoms with van der Waals surface area (Å²) >= 11 is 1.39. The Morgan fingerprint density at radius 2 is 1.83 bits per heavy atom. The van der Waals surface area contributed by atoms with Gasteiger partial charge in [0.25, 0.3) is 5.91 Å². The lowest BCUT2D eigenvalue weighted by Crippen LogP contribution is -2.25. The van der Waals surface area contributed by atoms with Crippen molar-refractivity contribution < 1.29 is 4.79 Å². The van der Waals surface area contributed by atoms with Crippen LogP contribution in [0.15, 0.2) is 60.8 Å². The second kappa shape index (κ2) is 9.05. The first-order valence-corrected chi connectivity index (χ1v) is 10.8. The lowest BCUT2D eigenvalue weighted by molar-refractivity contribution is 0.0953. The van der Waals surface area contributed by atoms with Crippen molar-refractivity contribution in [2.75, 3.05) is 18.4 Å². The van der Waals surface area contributed by atoms with Crippen molar-refractivity contribution in [2.24, 2.45) is 0 Å². The van der Waals surface area contributed by atoms with Crippen LogP contribution >= 0.6 is 11.5 Å².